The Bertz CT molecular complexity index is 369. The van der Waals surface area contributed by atoms with Gasteiger partial charge in [0.15, 0.2) is 0 Å². The summed E-state index contributed by atoms with van der Waals surface area (Å²) in [6.07, 6.45) is 3.90. The topological polar surface area (TPSA) is 21.1 Å². The first-order chi connectivity index (χ1) is 9.19. The van der Waals surface area contributed by atoms with Crippen LogP contribution >= 0.6 is 0 Å². The van der Waals surface area contributed by atoms with Crippen LogP contribution in [0.1, 0.15) is 44.7 Å². The molecule has 0 radical (unpaired) electrons. The fraction of sp³-hybridized carbons (Fsp3) is 0.625. The zero-order chi connectivity index (χ0) is 13.7. The highest BCUT2D eigenvalue weighted by molar-refractivity contribution is 5.17. The third-order valence-corrected chi connectivity index (χ3v) is 4.30. The van der Waals surface area contributed by atoms with Crippen molar-refractivity contribution in [2.45, 2.75) is 45.2 Å². The van der Waals surface area contributed by atoms with Gasteiger partial charge in [0.2, 0.25) is 0 Å². The summed E-state index contributed by atoms with van der Waals surface area (Å²) in [6, 6.07) is 8.11. The molecule has 0 unspecified atom stereocenters. The van der Waals surface area contributed by atoms with Crippen LogP contribution in [0, 0.1) is 5.82 Å². The van der Waals surface area contributed by atoms with Gasteiger partial charge in [0, 0.05) is 18.4 Å². The Labute approximate surface area is 116 Å². The van der Waals surface area contributed by atoms with E-state index in [0.29, 0.717) is 6.04 Å². The average Bonchev–Trinajstić information content (AvgIpc) is 2.42. The van der Waals surface area contributed by atoms with Gasteiger partial charge in [0.05, 0.1) is 25.7 Å². The molecule has 1 atom stereocenters. The molecule has 0 spiro atoms. The van der Waals surface area contributed by atoms with Gasteiger partial charge in [0.25, 0.3) is 0 Å². The van der Waals surface area contributed by atoms with Crippen LogP contribution in [0.5, 0.6) is 0 Å². The summed E-state index contributed by atoms with van der Waals surface area (Å²) in [5.74, 6) is -0.146. The van der Waals surface area contributed by atoms with Gasteiger partial charge < -0.3 is 10.2 Å². The maximum absolute atomic E-state index is 12.9. The number of hydrogen-bond donors (Lipinski definition) is 2. The van der Waals surface area contributed by atoms with E-state index in [4.69, 9.17) is 0 Å². The Hall–Kier alpha value is -0.930. The molecule has 106 valence electrons. The standard InChI is InChI=1S/C16H25FN2/c1-3-10-19-11-8-16(9-12-19)18-13(2)14-4-6-15(17)7-5-14/h4-7,13,16,18H,3,8-12H2,1-2H3/p+2/t13-/m0/s1. The van der Waals surface area contributed by atoms with E-state index in [1.807, 2.05) is 12.1 Å². The van der Waals surface area contributed by atoms with Gasteiger partial charge in [-0.05, 0) is 25.5 Å². The molecule has 1 aliphatic rings. The van der Waals surface area contributed by atoms with E-state index < -0.39 is 0 Å². The molecule has 1 saturated heterocycles. The Kier molecular flexibility index (Phi) is 5.34. The molecule has 0 saturated carbocycles. The van der Waals surface area contributed by atoms with E-state index in [2.05, 4.69) is 19.2 Å². The van der Waals surface area contributed by atoms with Gasteiger partial charge in [-0.2, -0.15) is 0 Å². The van der Waals surface area contributed by atoms with Gasteiger partial charge in [-0.3, -0.25) is 0 Å². The van der Waals surface area contributed by atoms with Crippen LogP contribution in [0.4, 0.5) is 4.39 Å². The molecule has 19 heavy (non-hydrogen) atoms. The van der Waals surface area contributed by atoms with Crippen molar-refractivity contribution in [1.82, 2.24) is 0 Å². The van der Waals surface area contributed by atoms with E-state index in [0.717, 1.165) is 6.04 Å². The van der Waals surface area contributed by atoms with Gasteiger partial charge in [0.1, 0.15) is 11.9 Å². The van der Waals surface area contributed by atoms with Gasteiger partial charge in [-0.1, -0.05) is 19.1 Å². The predicted octanol–water partition coefficient (Wildman–Crippen LogP) is 0.907. The summed E-state index contributed by atoms with van der Waals surface area (Å²) < 4.78 is 12.9. The minimum atomic E-state index is -0.146. The van der Waals surface area contributed by atoms with Crippen LogP contribution < -0.4 is 10.2 Å². The first-order valence-corrected chi connectivity index (χ1v) is 7.63. The maximum atomic E-state index is 12.9. The zero-order valence-electron chi connectivity index (χ0n) is 12.2. The molecule has 3 N–H and O–H groups in total. The second-order valence-corrected chi connectivity index (χ2v) is 5.87. The Morgan fingerprint density at radius 1 is 1.26 bits per heavy atom. The number of rotatable bonds is 5. The van der Waals surface area contributed by atoms with Gasteiger partial charge in [-0.25, -0.2) is 4.39 Å². The van der Waals surface area contributed by atoms with E-state index in [1.54, 1.807) is 17.0 Å². The number of halogens is 1. The largest absolute Gasteiger partial charge is 0.337 e. The van der Waals surface area contributed by atoms with Crippen LogP contribution in [0.15, 0.2) is 24.3 Å². The summed E-state index contributed by atoms with van der Waals surface area (Å²) in [5, 5.41) is 2.47. The summed E-state index contributed by atoms with van der Waals surface area (Å²) >= 11 is 0. The van der Waals surface area contributed by atoms with E-state index in [1.165, 1.54) is 44.5 Å². The monoisotopic (exact) mass is 266 g/mol. The smallest absolute Gasteiger partial charge is 0.123 e. The molecule has 1 fully saturated rings. The highest BCUT2D eigenvalue weighted by Gasteiger charge is 2.25. The molecule has 3 heteroatoms. The van der Waals surface area contributed by atoms with Crippen molar-refractivity contribution in [3.8, 4) is 0 Å². The molecule has 0 aliphatic carbocycles. The lowest BCUT2D eigenvalue weighted by molar-refractivity contribution is -0.914. The summed E-state index contributed by atoms with van der Waals surface area (Å²) in [7, 11) is 0. The van der Waals surface area contributed by atoms with E-state index in [-0.39, 0.29) is 5.82 Å². The minimum absolute atomic E-state index is 0.146. The minimum Gasteiger partial charge on any atom is -0.337 e. The number of benzene rings is 1. The number of quaternary nitrogens is 2. The molecule has 2 nitrogen and oxygen atoms in total. The Balaban J connectivity index is 1.80. The van der Waals surface area contributed by atoms with E-state index in [9.17, 15) is 4.39 Å². The highest BCUT2D eigenvalue weighted by Crippen LogP contribution is 2.10. The molecule has 0 amide bonds. The van der Waals surface area contributed by atoms with Crippen molar-refractivity contribution < 1.29 is 14.6 Å². The first kappa shape index (κ1) is 14.5. The first-order valence-electron chi connectivity index (χ1n) is 7.63. The van der Waals surface area contributed by atoms with Crippen molar-refractivity contribution >= 4 is 0 Å². The molecule has 2 rings (SSSR count). The predicted molar refractivity (Wildman–Crippen MR) is 75.6 cm³/mol. The van der Waals surface area contributed by atoms with Crippen LogP contribution in [0.25, 0.3) is 0 Å². The van der Waals surface area contributed by atoms with Crippen LogP contribution in [0.3, 0.4) is 0 Å². The summed E-state index contributed by atoms with van der Waals surface area (Å²) in [5.41, 5.74) is 1.23. The Morgan fingerprint density at radius 3 is 2.47 bits per heavy atom. The fourth-order valence-electron chi connectivity index (χ4n) is 3.13. The lowest BCUT2D eigenvalue weighted by Crippen LogP contribution is -3.14. The average molecular weight is 266 g/mol. The third-order valence-electron chi connectivity index (χ3n) is 4.30. The molecule has 1 aromatic carbocycles. The maximum Gasteiger partial charge on any atom is 0.123 e. The van der Waals surface area contributed by atoms with Crippen molar-refractivity contribution in [3.05, 3.63) is 35.6 Å². The van der Waals surface area contributed by atoms with Crippen LogP contribution in [-0.4, -0.2) is 25.7 Å². The van der Waals surface area contributed by atoms with Crippen molar-refractivity contribution in [1.29, 1.82) is 0 Å². The van der Waals surface area contributed by atoms with Crippen molar-refractivity contribution in [3.63, 3.8) is 0 Å². The molecule has 1 aromatic rings. The third kappa shape index (κ3) is 4.29. The number of piperidine rings is 1. The molecular weight excluding hydrogens is 239 g/mol. The van der Waals surface area contributed by atoms with Crippen LogP contribution in [-0.2, 0) is 0 Å². The number of likely N-dealkylation sites (tertiary alicyclic amines) is 1. The second kappa shape index (κ2) is 7.01. The molecule has 0 aromatic heterocycles. The summed E-state index contributed by atoms with van der Waals surface area (Å²) in [4.78, 5) is 1.77. The molecular formula is C16H27FN2+2. The van der Waals surface area contributed by atoms with E-state index >= 15 is 0 Å². The van der Waals surface area contributed by atoms with Gasteiger partial charge >= 0.3 is 0 Å². The quantitative estimate of drug-likeness (QED) is 0.790. The molecule has 1 aliphatic heterocycles. The lowest BCUT2D eigenvalue weighted by atomic mass is 10.0. The Morgan fingerprint density at radius 2 is 1.89 bits per heavy atom. The lowest BCUT2D eigenvalue weighted by Gasteiger charge is -2.29. The number of nitrogens with one attached hydrogen (secondary N) is 1. The molecule has 0 bridgehead atoms. The number of nitrogens with two attached hydrogens (primary N) is 1. The zero-order valence-corrected chi connectivity index (χ0v) is 12.2. The van der Waals surface area contributed by atoms with Gasteiger partial charge in [-0.15, -0.1) is 0 Å². The van der Waals surface area contributed by atoms with Crippen LogP contribution in [0.2, 0.25) is 0 Å². The van der Waals surface area contributed by atoms with Crippen molar-refractivity contribution in [2.24, 2.45) is 0 Å². The molecule has 1 heterocycles. The van der Waals surface area contributed by atoms with Crippen molar-refractivity contribution in [2.75, 3.05) is 19.6 Å². The number of hydrogen-bond acceptors (Lipinski definition) is 0. The summed E-state index contributed by atoms with van der Waals surface area (Å²) in [6.45, 7) is 8.43. The normalized spacial score (nSPS) is 25.2. The fourth-order valence-corrected chi connectivity index (χ4v) is 3.13. The SMILES string of the molecule is CCC[NH+]1CCC([NH2+][C@@H](C)c2ccc(F)cc2)CC1. The highest BCUT2D eigenvalue weighted by atomic mass is 19.1. The second-order valence-electron chi connectivity index (χ2n) is 5.87.